The first-order valence-electron chi connectivity index (χ1n) is 6.00. The summed E-state index contributed by atoms with van der Waals surface area (Å²) in [6.45, 7) is 8.01. The van der Waals surface area contributed by atoms with Gasteiger partial charge in [-0.05, 0) is 42.4 Å². The minimum absolute atomic E-state index is 0.470. The summed E-state index contributed by atoms with van der Waals surface area (Å²) in [5.41, 5.74) is 1.07. The van der Waals surface area contributed by atoms with E-state index in [1.54, 1.807) is 0 Å². The molecule has 0 saturated carbocycles. The van der Waals surface area contributed by atoms with Crippen molar-refractivity contribution in [1.29, 1.82) is 0 Å². The van der Waals surface area contributed by atoms with Gasteiger partial charge >= 0.3 is 0 Å². The van der Waals surface area contributed by atoms with E-state index in [1.807, 2.05) is 4.68 Å². The smallest absolute Gasteiger partial charge is 0.101 e. The topological polar surface area (TPSA) is 27.1 Å². The Kier molecular flexibility index (Phi) is 6.34. The molecule has 0 aliphatic carbocycles. The second-order valence-corrected chi connectivity index (χ2v) is 5.23. The fourth-order valence-electron chi connectivity index (χ4n) is 1.33. The van der Waals surface area contributed by atoms with Crippen LogP contribution in [0.5, 0.6) is 0 Å². The van der Waals surface area contributed by atoms with Crippen LogP contribution >= 0.6 is 22.6 Å². The molecule has 0 N–H and O–H groups in total. The van der Waals surface area contributed by atoms with Gasteiger partial charge in [0.25, 0.3) is 0 Å². The van der Waals surface area contributed by atoms with Crippen LogP contribution < -0.4 is 0 Å². The largest absolute Gasteiger partial charge is 0.375 e. The third kappa shape index (κ3) is 4.05. The van der Waals surface area contributed by atoms with Crippen LogP contribution in [0.25, 0.3) is 0 Å². The van der Waals surface area contributed by atoms with Gasteiger partial charge in [-0.15, -0.1) is 0 Å². The maximum Gasteiger partial charge on any atom is 0.101 e. The molecule has 1 heterocycles. The van der Waals surface area contributed by atoms with Crippen LogP contribution in [0.15, 0.2) is 6.20 Å². The van der Waals surface area contributed by atoms with E-state index in [9.17, 15) is 0 Å². The molecule has 1 unspecified atom stereocenters. The van der Waals surface area contributed by atoms with E-state index in [4.69, 9.17) is 4.74 Å². The summed E-state index contributed by atoms with van der Waals surface area (Å²) in [5.74, 6) is 0. The van der Waals surface area contributed by atoms with Gasteiger partial charge in [0.15, 0.2) is 0 Å². The van der Waals surface area contributed by atoms with Gasteiger partial charge in [0, 0.05) is 18.8 Å². The number of halogens is 1. The summed E-state index contributed by atoms with van der Waals surface area (Å²) in [5, 5.41) is 4.56. The SMILES string of the molecule is CCCCOCc1nn(C(C)CC)cc1I. The van der Waals surface area contributed by atoms with Crippen molar-refractivity contribution in [3.8, 4) is 0 Å². The van der Waals surface area contributed by atoms with Crippen LogP contribution in [-0.4, -0.2) is 16.4 Å². The lowest BCUT2D eigenvalue weighted by Crippen LogP contribution is -2.05. The molecule has 0 saturated heterocycles. The van der Waals surface area contributed by atoms with Crippen LogP contribution in [0.3, 0.4) is 0 Å². The number of aromatic nitrogens is 2. The highest BCUT2D eigenvalue weighted by molar-refractivity contribution is 14.1. The van der Waals surface area contributed by atoms with E-state index in [-0.39, 0.29) is 0 Å². The molecule has 3 nitrogen and oxygen atoms in total. The molecule has 0 aromatic carbocycles. The summed E-state index contributed by atoms with van der Waals surface area (Å²) in [7, 11) is 0. The van der Waals surface area contributed by atoms with Crippen LogP contribution in [0.4, 0.5) is 0 Å². The molecule has 1 aromatic rings. The van der Waals surface area contributed by atoms with Crippen LogP contribution in [0.2, 0.25) is 0 Å². The number of hydrogen-bond donors (Lipinski definition) is 0. The summed E-state index contributed by atoms with van der Waals surface area (Å²) < 4.78 is 8.83. The van der Waals surface area contributed by atoms with E-state index in [2.05, 4.69) is 54.7 Å². The van der Waals surface area contributed by atoms with E-state index >= 15 is 0 Å². The first kappa shape index (κ1) is 14.0. The minimum atomic E-state index is 0.470. The molecular weight excluding hydrogens is 315 g/mol. The maximum atomic E-state index is 5.59. The Balaban J connectivity index is 2.50. The number of ether oxygens (including phenoxy) is 1. The molecule has 0 amide bonds. The first-order valence-corrected chi connectivity index (χ1v) is 7.08. The third-order valence-corrected chi connectivity index (χ3v) is 3.58. The maximum absolute atomic E-state index is 5.59. The Morgan fingerprint density at radius 1 is 1.50 bits per heavy atom. The van der Waals surface area contributed by atoms with Gasteiger partial charge in [0.05, 0.1) is 10.2 Å². The van der Waals surface area contributed by atoms with Gasteiger partial charge in [-0.25, -0.2) is 0 Å². The Hall–Kier alpha value is -0.100. The zero-order valence-electron chi connectivity index (χ0n) is 10.4. The molecule has 0 aliphatic heterocycles. The number of nitrogens with zero attached hydrogens (tertiary/aromatic N) is 2. The zero-order valence-corrected chi connectivity index (χ0v) is 12.5. The lowest BCUT2D eigenvalue weighted by Gasteiger charge is -2.08. The molecule has 16 heavy (non-hydrogen) atoms. The highest BCUT2D eigenvalue weighted by Crippen LogP contribution is 2.16. The van der Waals surface area contributed by atoms with Crippen molar-refractivity contribution in [3.63, 3.8) is 0 Å². The zero-order chi connectivity index (χ0) is 12.0. The summed E-state index contributed by atoms with van der Waals surface area (Å²) >= 11 is 2.33. The quantitative estimate of drug-likeness (QED) is 0.560. The lowest BCUT2D eigenvalue weighted by molar-refractivity contribution is 0.114. The molecule has 0 spiro atoms. The Morgan fingerprint density at radius 3 is 2.88 bits per heavy atom. The van der Waals surface area contributed by atoms with Crippen molar-refractivity contribution in [3.05, 3.63) is 15.5 Å². The van der Waals surface area contributed by atoms with Crippen molar-refractivity contribution in [1.82, 2.24) is 9.78 Å². The predicted octanol–water partition coefficient (Wildman–Crippen LogP) is 3.78. The summed E-state index contributed by atoms with van der Waals surface area (Å²) in [4.78, 5) is 0. The second-order valence-electron chi connectivity index (χ2n) is 4.07. The molecular formula is C12H21IN2O. The fourth-order valence-corrected chi connectivity index (χ4v) is 1.88. The van der Waals surface area contributed by atoms with Gasteiger partial charge < -0.3 is 4.74 Å². The van der Waals surface area contributed by atoms with Crippen LogP contribution in [-0.2, 0) is 11.3 Å². The summed E-state index contributed by atoms with van der Waals surface area (Å²) in [6.07, 6.45) is 5.52. The molecule has 0 aliphatic rings. The van der Waals surface area contributed by atoms with E-state index in [0.29, 0.717) is 12.6 Å². The van der Waals surface area contributed by atoms with Crippen LogP contribution in [0, 0.1) is 3.57 Å². The van der Waals surface area contributed by atoms with E-state index in [1.165, 1.54) is 9.99 Å². The normalized spacial score (nSPS) is 13.0. The average Bonchev–Trinajstić information content (AvgIpc) is 2.65. The van der Waals surface area contributed by atoms with Crippen molar-refractivity contribution in [2.24, 2.45) is 0 Å². The molecule has 92 valence electrons. The van der Waals surface area contributed by atoms with Crippen molar-refractivity contribution in [2.45, 2.75) is 52.7 Å². The van der Waals surface area contributed by atoms with Gasteiger partial charge in [0.1, 0.15) is 5.69 Å². The third-order valence-electron chi connectivity index (χ3n) is 2.68. The standard InChI is InChI=1S/C12H21IN2O/c1-4-6-7-16-9-12-11(13)8-15(14-12)10(3)5-2/h8,10H,4-7,9H2,1-3H3. The van der Waals surface area contributed by atoms with Crippen molar-refractivity contribution in [2.75, 3.05) is 6.61 Å². The van der Waals surface area contributed by atoms with E-state index < -0.39 is 0 Å². The number of rotatable bonds is 7. The van der Waals surface area contributed by atoms with Gasteiger partial charge in [0.2, 0.25) is 0 Å². The first-order chi connectivity index (χ1) is 7.69. The van der Waals surface area contributed by atoms with Gasteiger partial charge in [-0.2, -0.15) is 5.10 Å². The molecule has 1 aromatic heterocycles. The monoisotopic (exact) mass is 336 g/mol. The molecule has 1 rings (SSSR count). The number of hydrogen-bond acceptors (Lipinski definition) is 2. The lowest BCUT2D eigenvalue weighted by atomic mass is 10.3. The molecule has 0 radical (unpaired) electrons. The fraction of sp³-hybridized carbons (Fsp3) is 0.750. The minimum Gasteiger partial charge on any atom is -0.375 e. The van der Waals surface area contributed by atoms with Gasteiger partial charge in [-0.3, -0.25) is 4.68 Å². The highest BCUT2D eigenvalue weighted by atomic mass is 127. The Bertz CT molecular complexity index is 312. The Morgan fingerprint density at radius 2 is 2.25 bits per heavy atom. The predicted molar refractivity (Wildman–Crippen MR) is 74.5 cm³/mol. The van der Waals surface area contributed by atoms with Crippen molar-refractivity contribution < 1.29 is 4.74 Å². The second kappa shape index (κ2) is 7.27. The molecule has 0 fully saturated rings. The molecule has 4 heteroatoms. The number of unbranched alkanes of at least 4 members (excludes halogenated alkanes) is 1. The van der Waals surface area contributed by atoms with E-state index in [0.717, 1.165) is 25.1 Å². The van der Waals surface area contributed by atoms with Crippen LogP contribution in [0.1, 0.15) is 51.8 Å². The molecule has 0 bridgehead atoms. The molecule has 1 atom stereocenters. The average molecular weight is 336 g/mol. The van der Waals surface area contributed by atoms with Crippen molar-refractivity contribution >= 4 is 22.6 Å². The highest BCUT2D eigenvalue weighted by Gasteiger charge is 2.09. The summed E-state index contributed by atoms with van der Waals surface area (Å²) in [6, 6.07) is 0.470. The Labute approximate surface area is 112 Å². The van der Waals surface area contributed by atoms with Gasteiger partial charge in [-0.1, -0.05) is 20.3 Å².